The van der Waals surface area contributed by atoms with Gasteiger partial charge < -0.3 is 4.90 Å². The number of rotatable bonds is 6. The summed E-state index contributed by atoms with van der Waals surface area (Å²) in [6, 6.07) is 7.69. The molecule has 0 atom stereocenters. The zero-order chi connectivity index (χ0) is 13.2. The lowest BCUT2D eigenvalue weighted by atomic mass is 10.3. The third kappa shape index (κ3) is 2.81. The molecule has 0 unspecified atom stereocenters. The summed E-state index contributed by atoms with van der Waals surface area (Å²) in [5.41, 5.74) is 0.808. The standard InChI is InChI=1S/C13H18ClNO2S/c1-2-18(16,17)13-6-4-3-5-12(13)15(10-9-14)11-7-8-11/h3-6,11H,2,7-10H2,1H3. The predicted molar refractivity (Wildman–Crippen MR) is 75.3 cm³/mol. The fourth-order valence-electron chi connectivity index (χ4n) is 2.09. The maximum Gasteiger partial charge on any atom is 0.180 e. The molecule has 1 aromatic rings. The van der Waals surface area contributed by atoms with E-state index in [0.717, 1.165) is 18.5 Å². The van der Waals surface area contributed by atoms with Crippen LogP contribution >= 0.6 is 11.6 Å². The van der Waals surface area contributed by atoms with Crippen LogP contribution in [0.1, 0.15) is 19.8 Å². The van der Waals surface area contributed by atoms with Gasteiger partial charge in [0.1, 0.15) is 0 Å². The first-order valence-electron chi connectivity index (χ1n) is 6.24. The number of hydrogen-bond acceptors (Lipinski definition) is 3. The molecule has 0 bridgehead atoms. The predicted octanol–water partition coefficient (Wildman–Crippen LogP) is 2.69. The van der Waals surface area contributed by atoms with Crippen molar-refractivity contribution in [2.45, 2.75) is 30.7 Å². The fourth-order valence-corrected chi connectivity index (χ4v) is 3.37. The van der Waals surface area contributed by atoms with Crippen LogP contribution < -0.4 is 4.90 Å². The number of halogens is 1. The lowest BCUT2D eigenvalue weighted by molar-refractivity contribution is 0.596. The van der Waals surface area contributed by atoms with E-state index >= 15 is 0 Å². The van der Waals surface area contributed by atoms with Gasteiger partial charge in [-0.05, 0) is 25.0 Å². The van der Waals surface area contributed by atoms with Crippen molar-refractivity contribution in [1.29, 1.82) is 0 Å². The Morgan fingerprint density at radius 1 is 1.33 bits per heavy atom. The van der Waals surface area contributed by atoms with E-state index in [2.05, 4.69) is 4.90 Å². The minimum absolute atomic E-state index is 0.128. The van der Waals surface area contributed by atoms with E-state index in [1.807, 2.05) is 12.1 Å². The van der Waals surface area contributed by atoms with Crippen molar-refractivity contribution in [2.24, 2.45) is 0 Å². The van der Waals surface area contributed by atoms with Crippen LogP contribution in [0.5, 0.6) is 0 Å². The van der Waals surface area contributed by atoms with Gasteiger partial charge >= 0.3 is 0 Å². The van der Waals surface area contributed by atoms with Crippen molar-refractivity contribution in [3.05, 3.63) is 24.3 Å². The molecule has 1 fully saturated rings. The molecule has 5 heteroatoms. The normalized spacial score (nSPS) is 15.7. The average Bonchev–Trinajstić information content (AvgIpc) is 3.20. The first-order chi connectivity index (χ1) is 8.60. The Balaban J connectivity index is 2.43. The van der Waals surface area contributed by atoms with Gasteiger partial charge in [-0.2, -0.15) is 0 Å². The second-order valence-electron chi connectivity index (χ2n) is 4.48. The number of alkyl halides is 1. The van der Waals surface area contributed by atoms with Crippen LogP contribution in [-0.4, -0.2) is 32.6 Å². The molecule has 100 valence electrons. The molecule has 1 aliphatic rings. The Bertz CT molecular complexity index is 511. The summed E-state index contributed by atoms with van der Waals surface area (Å²) in [5.74, 6) is 0.639. The van der Waals surface area contributed by atoms with Crippen molar-refractivity contribution in [3.63, 3.8) is 0 Å². The second-order valence-corrected chi connectivity index (χ2v) is 7.11. The molecule has 0 amide bonds. The van der Waals surface area contributed by atoms with Gasteiger partial charge in [-0.15, -0.1) is 11.6 Å². The van der Waals surface area contributed by atoms with Gasteiger partial charge in [0.15, 0.2) is 9.84 Å². The van der Waals surface area contributed by atoms with E-state index in [1.54, 1.807) is 19.1 Å². The highest BCUT2D eigenvalue weighted by Crippen LogP contribution is 2.35. The quantitative estimate of drug-likeness (QED) is 0.755. The maximum atomic E-state index is 12.1. The Kier molecular flexibility index (Phi) is 4.17. The molecule has 1 saturated carbocycles. The lowest BCUT2D eigenvalue weighted by Gasteiger charge is -2.26. The number of sulfone groups is 1. The van der Waals surface area contributed by atoms with Gasteiger partial charge in [0.2, 0.25) is 0 Å². The summed E-state index contributed by atoms with van der Waals surface area (Å²) in [7, 11) is -3.18. The molecule has 0 N–H and O–H groups in total. The molecular weight excluding hydrogens is 270 g/mol. The van der Waals surface area contributed by atoms with Gasteiger partial charge in [0, 0.05) is 18.5 Å². The highest BCUT2D eigenvalue weighted by Gasteiger charge is 2.31. The molecule has 0 aliphatic heterocycles. The Morgan fingerprint density at radius 3 is 2.56 bits per heavy atom. The Labute approximate surface area is 114 Å². The van der Waals surface area contributed by atoms with Crippen LogP contribution in [0.2, 0.25) is 0 Å². The number of benzene rings is 1. The number of nitrogens with zero attached hydrogens (tertiary/aromatic N) is 1. The van der Waals surface area contributed by atoms with Crippen molar-refractivity contribution in [2.75, 3.05) is 23.1 Å². The molecular formula is C13H18ClNO2S. The summed E-state index contributed by atoms with van der Waals surface area (Å²) in [6.45, 7) is 2.37. The molecule has 0 saturated heterocycles. The molecule has 18 heavy (non-hydrogen) atoms. The lowest BCUT2D eigenvalue weighted by Crippen LogP contribution is -2.29. The van der Waals surface area contributed by atoms with Crippen LogP contribution in [0.25, 0.3) is 0 Å². The first-order valence-corrected chi connectivity index (χ1v) is 8.43. The van der Waals surface area contributed by atoms with Gasteiger partial charge in [-0.3, -0.25) is 0 Å². The van der Waals surface area contributed by atoms with Gasteiger partial charge in [-0.1, -0.05) is 19.1 Å². The number of para-hydroxylation sites is 1. The monoisotopic (exact) mass is 287 g/mol. The molecule has 1 aliphatic carbocycles. The Hall–Kier alpha value is -0.740. The Morgan fingerprint density at radius 2 is 2.00 bits per heavy atom. The van der Waals surface area contributed by atoms with Crippen LogP contribution in [0.15, 0.2) is 29.2 Å². The molecule has 2 rings (SSSR count). The van der Waals surface area contributed by atoms with Crippen molar-refractivity contribution in [3.8, 4) is 0 Å². The molecule has 0 radical (unpaired) electrons. The van der Waals surface area contributed by atoms with Crippen molar-refractivity contribution < 1.29 is 8.42 Å². The smallest absolute Gasteiger partial charge is 0.180 e. The third-order valence-electron chi connectivity index (χ3n) is 3.20. The summed E-state index contributed by atoms with van der Waals surface area (Å²) in [4.78, 5) is 2.57. The van der Waals surface area contributed by atoms with Crippen molar-refractivity contribution >= 4 is 27.1 Å². The van der Waals surface area contributed by atoms with E-state index in [4.69, 9.17) is 11.6 Å². The first kappa shape index (κ1) is 13.7. The van der Waals surface area contributed by atoms with Crippen LogP contribution in [0, 0.1) is 0 Å². The van der Waals surface area contributed by atoms with Gasteiger partial charge in [0.05, 0.1) is 16.3 Å². The molecule has 0 spiro atoms. The molecule has 0 aromatic heterocycles. The minimum Gasteiger partial charge on any atom is -0.366 e. The maximum absolute atomic E-state index is 12.1. The molecule has 0 heterocycles. The highest BCUT2D eigenvalue weighted by molar-refractivity contribution is 7.91. The van der Waals surface area contributed by atoms with E-state index in [9.17, 15) is 8.42 Å². The summed E-state index contributed by atoms with van der Waals surface area (Å²) < 4.78 is 24.2. The number of hydrogen-bond donors (Lipinski definition) is 0. The van der Waals surface area contributed by atoms with Gasteiger partial charge in [0.25, 0.3) is 0 Å². The van der Waals surface area contributed by atoms with Gasteiger partial charge in [-0.25, -0.2) is 8.42 Å². The van der Waals surface area contributed by atoms with Crippen molar-refractivity contribution in [1.82, 2.24) is 0 Å². The molecule has 1 aromatic carbocycles. The summed E-state index contributed by atoms with van der Waals surface area (Å²) >= 11 is 5.83. The highest BCUT2D eigenvalue weighted by atomic mass is 35.5. The third-order valence-corrected chi connectivity index (χ3v) is 5.15. The largest absolute Gasteiger partial charge is 0.366 e. The van der Waals surface area contributed by atoms with E-state index in [-0.39, 0.29) is 5.75 Å². The fraction of sp³-hybridized carbons (Fsp3) is 0.538. The summed E-state index contributed by atoms with van der Waals surface area (Å²) in [5, 5.41) is 0. The topological polar surface area (TPSA) is 37.4 Å². The average molecular weight is 288 g/mol. The zero-order valence-electron chi connectivity index (χ0n) is 10.5. The van der Waals surface area contributed by atoms with E-state index in [0.29, 0.717) is 23.4 Å². The minimum atomic E-state index is -3.18. The van der Waals surface area contributed by atoms with Crippen LogP contribution in [0.4, 0.5) is 5.69 Å². The van der Waals surface area contributed by atoms with E-state index in [1.165, 1.54) is 0 Å². The molecule has 3 nitrogen and oxygen atoms in total. The van der Waals surface area contributed by atoms with Crippen LogP contribution in [0.3, 0.4) is 0 Å². The summed E-state index contributed by atoms with van der Waals surface area (Å²) in [6.07, 6.45) is 2.24. The SMILES string of the molecule is CCS(=O)(=O)c1ccccc1N(CCCl)C1CC1. The zero-order valence-corrected chi connectivity index (χ0v) is 12.0. The number of anilines is 1. The van der Waals surface area contributed by atoms with E-state index < -0.39 is 9.84 Å². The second kappa shape index (κ2) is 5.49. The van der Waals surface area contributed by atoms with Crippen LogP contribution in [-0.2, 0) is 9.84 Å².